The van der Waals surface area contributed by atoms with E-state index >= 15 is 0 Å². The summed E-state index contributed by atoms with van der Waals surface area (Å²) in [6.07, 6.45) is -3.66. The lowest BCUT2D eigenvalue weighted by atomic mass is 10.2. The van der Waals surface area contributed by atoms with E-state index in [1.807, 2.05) is 0 Å². The Morgan fingerprint density at radius 1 is 1.10 bits per heavy atom. The van der Waals surface area contributed by atoms with Crippen molar-refractivity contribution in [1.29, 1.82) is 0 Å². The third-order valence-electron chi connectivity index (χ3n) is 3.82. The molecule has 4 nitrogen and oxygen atoms in total. The van der Waals surface area contributed by atoms with Crippen molar-refractivity contribution in [2.45, 2.75) is 22.7 Å². The van der Waals surface area contributed by atoms with Crippen molar-refractivity contribution in [3.8, 4) is 0 Å². The highest BCUT2D eigenvalue weighted by Crippen LogP contribution is 2.37. The molecule has 0 aliphatic carbocycles. The van der Waals surface area contributed by atoms with E-state index in [9.17, 15) is 13.2 Å². The molecule has 0 saturated carbocycles. The van der Waals surface area contributed by atoms with Crippen LogP contribution < -0.4 is 0 Å². The highest BCUT2D eigenvalue weighted by atomic mass is 35.5. The number of halogens is 6. The van der Waals surface area contributed by atoms with Crippen LogP contribution in [0.3, 0.4) is 0 Å². The summed E-state index contributed by atoms with van der Waals surface area (Å²) < 4.78 is 41.5. The van der Waals surface area contributed by atoms with Crippen molar-refractivity contribution in [1.82, 2.24) is 9.78 Å². The van der Waals surface area contributed by atoms with Crippen LogP contribution in [0.2, 0.25) is 15.1 Å². The number of oxime groups is 1. The SMILES string of the molecule is Cn1nc(C(F)(F)F)c(/C=N/OCc2ccc(Cl)cc2Cl)c1Sc1ccc(Cl)cc1. The molecule has 0 bridgehead atoms. The summed E-state index contributed by atoms with van der Waals surface area (Å²) in [6.45, 7) is -0.0340. The number of hydrogen-bond acceptors (Lipinski definition) is 4. The van der Waals surface area contributed by atoms with Crippen LogP contribution in [0.25, 0.3) is 0 Å². The first kappa shape index (κ1) is 22.8. The first-order chi connectivity index (χ1) is 14.1. The van der Waals surface area contributed by atoms with Crippen molar-refractivity contribution in [2.24, 2.45) is 12.2 Å². The molecule has 30 heavy (non-hydrogen) atoms. The molecule has 11 heteroatoms. The molecule has 0 aliphatic heterocycles. The highest BCUT2D eigenvalue weighted by molar-refractivity contribution is 7.99. The van der Waals surface area contributed by atoms with E-state index in [-0.39, 0.29) is 17.2 Å². The van der Waals surface area contributed by atoms with Crippen LogP contribution in [0, 0.1) is 0 Å². The van der Waals surface area contributed by atoms with E-state index in [4.69, 9.17) is 39.6 Å². The van der Waals surface area contributed by atoms with Gasteiger partial charge in [-0.2, -0.15) is 18.3 Å². The molecule has 0 aliphatic rings. The average molecular weight is 495 g/mol. The fourth-order valence-electron chi connectivity index (χ4n) is 2.42. The van der Waals surface area contributed by atoms with E-state index < -0.39 is 11.9 Å². The quantitative estimate of drug-likeness (QED) is 0.271. The number of aryl methyl sites for hydroxylation is 1. The lowest BCUT2D eigenvalue weighted by molar-refractivity contribution is -0.141. The Balaban J connectivity index is 1.85. The van der Waals surface area contributed by atoms with Gasteiger partial charge in [0.05, 0.1) is 11.8 Å². The highest BCUT2D eigenvalue weighted by Gasteiger charge is 2.38. The smallest absolute Gasteiger partial charge is 0.391 e. The minimum absolute atomic E-state index is 0.0340. The second-order valence-corrected chi connectivity index (χ2v) is 8.33. The van der Waals surface area contributed by atoms with Gasteiger partial charge in [0.25, 0.3) is 0 Å². The van der Waals surface area contributed by atoms with Crippen molar-refractivity contribution < 1.29 is 18.0 Å². The number of nitrogens with zero attached hydrogens (tertiary/aromatic N) is 3. The Kier molecular flexibility index (Phi) is 7.23. The summed E-state index contributed by atoms with van der Waals surface area (Å²) >= 11 is 18.9. The Bertz CT molecular complexity index is 1070. The third-order valence-corrected chi connectivity index (χ3v) is 5.84. The third kappa shape index (κ3) is 5.63. The van der Waals surface area contributed by atoms with Crippen LogP contribution in [0.1, 0.15) is 16.8 Å². The zero-order valence-corrected chi connectivity index (χ0v) is 18.3. The predicted molar refractivity (Wildman–Crippen MR) is 113 cm³/mol. The minimum atomic E-state index is -4.66. The summed E-state index contributed by atoms with van der Waals surface area (Å²) in [4.78, 5) is 5.85. The summed E-state index contributed by atoms with van der Waals surface area (Å²) in [5.41, 5.74) is -0.665. The Morgan fingerprint density at radius 3 is 2.40 bits per heavy atom. The molecule has 0 spiro atoms. The van der Waals surface area contributed by atoms with E-state index in [2.05, 4.69) is 10.3 Å². The van der Waals surface area contributed by atoms with Crippen molar-refractivity contribution >= 4 is 52.8 Å². The maximum absolute atomic E-state index is 13.5. The van der Waals surface area contributed by atoms with Crippen molar-refractivity contribution in [3.63, 3.8) is 0 Å². The summed E-state index contributed by atoms with van der Waals surface area (Å²) in [6, 6.07) is 11.5. The Morgan fingerprint density at radius 2 is 1.77 bits per heavy atom. The summed E-state index contributed by atoms with van der Waals surface area (Å²) in [5, 5.41) is 8.92. The van der Waals surface area contributed by atoms with Gasteiger partial charge in [-0.05, 0) is 36.4 Å². The van der Waals surface area contributed by atoms with Crippen LogP contribution in [0.15, 0.2) is 57.5 Å². The number of hydrogen-bond donors (Lipinski definition) is 0. The molecule has 1 aromatic heterocycles. The van der Waals surface area contributed by atoms with Crippen molar-refractivity contribution in [3.05, 3.63) is 74.4 Å². The van der Waals surface area contributed by atoms with Crippen LogP contribution >= 0.6 is 46.6 Å². The molecule has 0 radical (unpaired) electrons. The van der Waals surface area contributed by atoms with E-state index in [1.54, 1.807) is 36.4 Å². The van der Waals surface area contributed by atoms with Gasteiger partial charge in [0.1, 0.15) is 11.6 Å². The second-order valence-electron chi connectivity index (χ2n) is 5.99. The topological polar surface area (TPSA) is 39.4 Å². The molecule has 3 aromatic rings. The van der Waals surface area contributed by atoms with Gasteiger partial charge < -0.3 is 4.84 Å². The Hall–Kier alpha value is -1.87. The lowest BCUT2D eigenvalue weighted by Crippen LogP contribution is -2.09. The number of rotatable bonds is 6. The average Bonchev–Trinajstić information content (AvgIpc) is 2.98. The van der Waals surface area contributed by atoms with Gasteiger partial charge in [-0.15, -0.1) is 0 Å². The van der Waals surface area contributed by atoms with Gasteiger partial charge in [-0.25, -0.2) is 0 Å². The number of benzene rings is 2. The van der Waals surface area contributed by atoms with E-state index in [0.717, 1.165) is 22.7 Å². The molecule has 158 valence electrons. The standard InChI is InChI=1S/C19H13Cl3F3N3OS/c1-28-18(30-14-6-4-12(20)5-7-14)15(17(27-28)19(23,24)25)9-26-29-10-11-2-3-13(21)8-16(11)22/h2-9H,10H2,1H3/b26-9+. The zero-order valence-electron chi connectivity index (χ0n) is 15.3. The molecule has 0 fully saturated rings. The van der Waals surface area contributed by atoms with Gasteiger partial charge in [0.2, 0.25) is 0 Å². The van der Waals surface area contributed by atoms with E-state index in [1.165, 1.54) is 13.1 Å². The minimum Gasteiger partial charge on any atom is -0.391 e. The van der Waals surface area contributed by atoms with Gasteiger partial charge in [0, 0.05) is 32.6 Å². The molecular weight excluding hydrogens is 482 g/mol. The first-order valence-corrected chi connectivity index (χ1v) is 10.3. The molecule has 0 saturated heterocycles. The molecule has 2 aromatic carbocycles. The largest absolute Gasteiger partial charge is 0.435 e. The first-order valence-electron chi connectivity index (χ1n) is 8.32. The molecule has 0 unspecified atom stereocenters. The molecule has 1 heterocycles. The normalized spacial score (nSPS) is 12.0. The number of aromatic nitrogens is 2. The predicted octanol–water partition coefficient (Wildman–Crippen LogP) is 7.10. The monoisotopic (exact) mass is 493 g/mol. The van der Waals surface area contributed by atoms with Crippen LogP contribution in [-0.4, -0.2) is 16.0 Å². The van der Waals surface area contributed by atoms with E-state index in [0.29, 0.717) is 25.5 Å². The fraction of sp³-hybridized carbons (Fsp3) is 0.158. The molecule has 0 atom stereocenters. The zero-order chi connectivity index (χ0) is 21.9. The lowest BCUT2D eigenvalue weighted by Gasteiger charge is -2.06. The molecule has 0 amide bonds. The number of alkyl halides is 3. The molecule has 3 rings (SSSR count). The van der Waals surface area contributed by atoms with Crippen LogP contribution in [-0.2, 0) is 24.7 Å². The second kappa shape index (κ2) is 9.51. The van der Waals surface area contributed by atoms with Gasteiger partial charge in [0.15, 0.2) is 5.69 Å². The summed E-state index contributed by atoms with van der Waals surface area (Å²) in [7, 11) is 1.43. The van der Waals surface area contributed by atoms with Gasteiger partial charge in [-0.1, -0.05) is 57.8 Å². The maximum atomic E-state index is 13.5. The molecule has 0 N–H and O–H groups in total. The fourth-order valence-corrected chi connectivity index (χ4v) is 3.94. The van der Waals surface area contributed by atoms with Gasteiger partial charge in [-0.3, -0.25) is 4.68 Å². The molecular formula is C19H13Cl3F3N3OS. The Labute approximate surface area is 189 Å². The maximum Gasteiger partial charge on any atom is 0.435 e. The summed E-state index contributed by atoms with van der Waals surface area (Å²) in [5.74, 6) is 0. The van der Waals surface area contributed by atoms with Crippen LogP contribution in [0.5, 0.6) is 0 Å². The van der Waals surface area contributed by atoms with Gasteiger partial charge >= 0.3 is 6.18 Å². The van der Waals surface area contributed by atoms with Crippen molar-refractivity contribution in [2.75, 3.05) is 0 Å². The van der Waals surface area contributed by atoms with Crippen LogP contribution in [0.4, 0.5) is 13.2 Å².